The van der Waals surface area contributed by atoms with Crippen molar-refractivity contribution in [3.05, 3.63) is 59.2 Å². The van der Waals surface area contributed by atoms with Crippen LogP contribution in [0.3, 0.4) is 0 Å². The van der Waals surface area contributed by atoms with Gasteiger partial charge in [0.15, 0.2) is 0 Å². The Morgan fingerprint density at radius 2 is 1.72 bits per heavy atom. The number of nitrogens with one attached hydrogen (secondary N) is 2. The van der Waals surface area contributed by atoms with Gasteiger partial charge >= 0.3 is 0 Å². The van der Waals surface area contributed by atoms with Crippen molar-refractivity contribution in [3.63, 3.8) is 0 Å². The van der Waals surface area contributed by atoms with Crippen molar-refractivity contribution in [1.82, 2.24) is 5.32 Å². The largest absolute Gasteiger partial charge is 0.350 e. The van der Waals surface area contributed by atoms with Crippen LogP contribution in [0.5, 0.6) is 0 Å². The van der Waals surface area contributed by atoms with Crippen LogP contribution in [-0.4, -0.2) is 20.4 Å². The van der Waals surface area contributed by atoms with Gasteiger partial charge in [-0.15, -0.1) is 0 Å². The molecule has 1 amide bonds. The van der Waals surface area contributed by atoms with Crippen LogP contribution in [0.4, 0.5) is 5.69 Å². The summed E-state index contributed by atoms with van der Waals surface area (Å²) < 4.78 is 27.7. The number of benzene rings is 2. The first-order chi connectivity index (χ1) is 11.7. The van der Waals surface area contributed by atoms with Gasteiger partial charge in [-0.25, -0.2) is 8.42 Å². The molecule has 0 heterocycles. The average Bonchev–Trinajstić information content (AvgIpc) is 2.56. The zero-order valence-electron chi connectivity index (χ0n) is 15.0. The predicted octanol–water partition coefficient (Wildman–Crippen LogP) is 3.63. The number of carbonyl (C=O) groups excluding carboxylic acids is 1. The standard InChI is InChI=1S/C19H24N2O3S/c1-5-15(4)20-19(22)16-9-8-14(3)18(12-16)21-25(23,24)17-10-6-13(2)7-11-17/h6-12,15,21H,5H2,1-4H3,(H,20,22)/t15-/m0/s1. The van der Waals surface area contributed by atoms with E-state index in [1.807, 2.05) is 20.8 Å². The average molecular weight is 360 g/mol. The minimum Gasteiger partial charge on any atom is -0.350 e. The van der Waals surface area contributed by atoms with Gasteiger partial charge in [-0.05, 0) is 57.0 Å². The quantitative estimate of drug-likeness (QED) is 0.826. The van der Waals surface area contributed by atoms with E-state index in [1.54, 1.807) is 49.4 Å². The summed E-state index contributed by atoms with van der Waals surface area (Å²) in [4.78, 5) is 12.4. The monoisotopic (exact) mass is 360 g/mol. The molecule has 0 saturated carbocycles. The maximum Gasteiger partial charge on any atom is 0.261 e. The lowest BCUT2D eigenvalue weighted by atomic mass is 10.1. The fourth-order valence-corrected chi connectivity index (χ4v) is 3.33. The zero-order chi connectivity index (χ0) is 18.6. The summed E-state index contributed by atoms with van der Waals surface area (Å²) >= 11 is 0. The third-order valence-electron chi connectivity index (χ3n) is 4.07. The fourth-order valence-electron chi connectivity index (χ4n) is 2.20. The molecule has 0 radical (unpaired) electrons. The smallest absolute Gasteiger partial charge is 0.261 e. The Hall–Kier alpha value is -2.34. The Bertz CT molecular complexity index is 859. The molecular weight excluding hydrogens is 336 g/mol. The first-order valence-corrected chi connectivity index (χ1v) is 9.72. The van der Waals surface area contributed by atoms with Crippen LogP contribution in [0, 0.1) is 13.8 Å². The molecule has 2 aromatic rings. The van der Waals surface area contributed by atoms with Gasteiger partial charge in [0.05, 0.1) is 10.6 Å². The lowest BCUT2D eigenvalue weighted by Crippen LogP contribution is -2.32. The van der Waals surface area contributed by atoms with E-state index in [-0.39, 0.29) is 16.8 Å². The van der Waals surface area contributed by atoms with Crippen molar-refractivity contribution in [1.29, 1.82) is 0 Å². The van der Waals surface area contributed by atoms with Crippen molar-refractivity contribution in [3.8, 4) is 0 Å². The molecule has 0 fully saturated rings. The molecule has 0 unspecified atom stereocenters. The summed E-state index contributed by atoms with van der Waals surface area (Å²) in [5.74, 6) is -0.217. The number of sulfonamides is 1. The van der Waals surface area contributed by atoms with Crippen LogP contribution < -0.4 is 10.0 Å². The minimum absolute atomic E-state index is 0.0569. The minimum atomic E-state index is -3.70. The molecule has 134 valence electrons. The number of aryl methyl sites for hydroxylation is 2. The molecule has 0 aliphatic carbocycles. The Morgan fingerprint density at radius 1 is 1.08 bits per heavy atom. The number of hydrogen-bond donors (Lipinski definition) is 2. The lowest BCUT2D eigenvalue weighted by molar-refractivity contribution is 0.0939. The van der Waals surface area contributed by atoms with Gasteiger partial charge in [0.1, 0.15) is 0 Å². The number of rotatable bonds is 6. The molecule has 6 heteroatoms. The van der Waals surface area contributed by atoms with Crippen molar-refractivity contribution in [2.45, 2.75) is 45.1 Å². The topological polar surface area (TPSA) is 75.3 Å². The second-order valence-electron chi connectivity index (χ2n) is 6.23. The molecule has 0 saturated heterocycles. The van der Waals surface area contributed by atoms with Gasteiger partial charge in [-0.3, -0.25) is 9.52 Å². The van der Waals surface area contributed by atoms with E-state index in [0.29, 0.717) is 11.3 Å². The number of amides is 1. The molecule has 0 spiro atoms. The first kappa shape index (κ1) is 19.0. The van der Waals surface area contributed by atoms with E-state index in [4.69, 9.17) is 0 Å². The number of hydrogen-bond acceptors (Lipinski definition) is 3. The molecule has 0 aromatic heterocycles. The molecule has 5 nitrogen and oxygen atoms in total. The number of anilines is 1. The third-order valence-corrected chi connectivity index (χ3v) is 5.45. The van der Waals surface area contributed by atoms with Gasteiger partial charge in [-0.2, -0.15) is 0 Å². The third kappa shape index (κ3) is 4.82. The summed E-state index contributed by atoms with van der Waals surface area (Å²) in [7, 11) is -3.70. The van der Waals surface area contributed by atoms with E-state index in [0.717, 1.165) is 17.5 Å². The van der Waals surface area contributed by atoms with Crippen LogP contribution in [-0.2, 0) is 10.0 Å². The molecule has 25 heavy (non-hydrogen) atoms. The first-order valence-electron chi connectivity index (χ1n) is 8.24. The molecule has 1 atom stereocenters. The Morgan fingerprint density at radius 3 is 2.32 bits per heavy atom. The highest BCUT2D eigenvalue weighted by Gasteiger charge is 2.17. The van der Waals surface area contributed by atoms with E-state index in [1.165, 1.54) is 0 Å². The van der Waals surface area contributed by atoms with E-state index in [9.17, 15) is 13.2 Å². The van der Waals surface area contributed by atoms with Gasteiger partial charge < -0.3 is 5.32 Å². The molecular formula is C19H24N2O3S. The van der Waals surface area contributed by atoms with E-state index in [2.05, 4.69) is 10.0 Å². The second-order valence-corrected chi connectivity index (χ2v) is 7.91. The highest BCUT2D eigenvalue weighted by molar-refractivity contribution is 7.92. The van der Waals surface area contributed by atoms with Gasteiger partial charge in [0.2, 0.25) is 0 Å². The Balaban J connectivity index is 2.28. The highest BCUT2D eigenvalue weighted by Crippen LogP contribution is 2.21. The van der Waals surface area contributed by atoms with Crippen LogP contribution in [0.2, 0.25) is 0 Å². The lowest BCUT2D eigenvalue weighted by Gasteiger charge is -2.14. The van der Waals surface area contributed by atoms with Crippen molar-refractivity contribution >= 4 is 21.6 Å². The van der Waals surface area contributed by atoms with Gasteiger partial charge in [0, 0.05) is 11.6 Å². The van der Waals surface area contributed by atoms with Crippen molar-refractivity contribution in [2.75, 3.05) is 4.72 Å². The van der Waals surface area contributed by atoms with Crippen LogP contribution >= 0.6 is 0 Å². The maximum atomic E-state index is 12.6. The van der Waals surface area contributed by atoms with Crippen molar-refractivity contribution in [2.24, 2.45) is 0 Å². The molecule has 0 aliphatic heterocycles. The Kier molecular flexibility index (Phi) is 5.85. The molecule has 2 rings (SSSR count). The summed E-state index contributed by atoms with van der Waals surface area (Å²) in [6, 6.07) is 11.7. The summed E-state index contributed by atoms with van der Waals surface area (Å²) in [6.45, 7) is 7.60. The number of carbonyl (C=O) groups is 1. The molecule has 0 bridgehead atoms. The van der Waals surface area contributed by atoms with E-state index >= 15 is 0 Å². The van der Waals surface area contributed by atoms with Crippen LogP contribution in [0.15, 0.2) is 47.4 Å². The maximum absolute atomic E-state index is 12.6. The second kappa shape index (κ2) is 7.70. The fraction of sp³-hybridized carbons (Fsp3) is 0.316. The summed E-state index contributed by atoms with van der Waals surface area (Å²) in [6.07, 6.45) is 0.824. The predicted molar refractivity (Wildman–Crippen MR) is 100 cm³/mol. The molecule has 2 aromatic carbocycles. The summed E-state index contributed by atoms with van der Waals surface area (Å²) in [5.41, 5.74) is 2.56. The van der Waals surface area contributed by atoms with Crippen LogP contribution in [0.25, 0.3) is 0 Å². The van der Waals surface area contributed by atoms with Gasteiger partial charge in [0.25, 0.3) is 15.9 Å². The van der Waals surface area contributed by atoms with Crippen molar-refractivity contribution < 1.29 is 13.2 Å². The highest BCUT2D eigenvalue weighted by atomic mass is 32.2. The van der Waals surface area contributed by atoms with Crippen LogP contribution in [0.1, 0.15) is 41.8 Å². The normalized spacial score (nSPS) is 12.5. The Labute approximate surface area is 149 Å². The summed E-state index contributed by atoms with van der Waals surface area (Å²) in [5, 5.41) is 2.88. The van der Waals surface area contributed by atoms with E-state index < -0.39 is 10.0 Å². The molecule has 0 aliphatic rings. The SMILES string of the molecule is CC[C@H](C)NC(=O)c1ccc(C)c(NS(=O)(=O)c2ccc(C)cc2)c1. The molecule has 2 N–H and O–H groups in total. The van der Waals surface area contributed by atoms with Gasteiger partial charge in [-0.1, -0.05) is 30.7 Å². The zero-order valence-corrected chi connectivity index (χ0v) is 15.8.